The molecule has 3 unspecified atom stereocenters. The van der Waals surface area contributed by atoms with Gasteiger partial charge in [0.2, 0.25) is 16.4 Å². The Bertz CT molecular complexity index is 763. The van der Waals surface area contributed by atoms with Gasteiger partial charge in [-0.1, -0.05) is 24.1 Å². The van der Waals surface area contributed by atoms with Crippen molar-refractivity contribution in [2.24, 2.45) is 11.8 Å². The van der Waals surface area contributed by atoms with Gasteiger partial charge in [0.25, 0.3) is 0 Å². The van der Waals surface area contributed by atoms with Crippen molar-refractivity contribution in [1.82, 2.24) is 9.62 Å². The van der Waals surface area contributed by atoms with Gasteiger partial charge in [-0.2, -0.15) is 4.72 Å². The second-order valence-electron chi connectivity index (χ2n) is 7.35. The summed E-state index contributed by atoms with van der Waals surface area (Å²) in [6.07, 6.45) is 6.75. The van der Waals surface area contributed by atoms with Gasteiger partial charge in [0.1, 0.15) is 5.66 Å². The topological polar surface area (TPSA) is 66.5 Å². The summed E-state index contributed by atoms with van der Waals surface area (Å²) >= 11 is 5.92. The SMILES string of the molecule is O=CN(C1CC2CCC1C2)C1(NS(=O)(=O)c2cccc(Cl)c2)CC1. The van der Waals surface area contributed by atoms with Crippen molar-refractivity contribution < 1.29 is 13.2 Å². The number of hydrogen-bond donors (Lipinski definition) is 1. The van der Waals surface area contributed by atoms with Gasteiger partial charge >= 0.3 is 0 Å². The Morgan fingerprint density at radius 2 is 2.04 bits per heavy atom. The zero-order valence-electron chi connectivity index (χ0n) is 13.3. The molecule has 3 aliphatic carbocycles. The summed E-state index contributed by atoms with van der Waals surface area (Å²) in [7, 11) is -3.71. The number of carbonyl (C=O) groups is 1. The number of rotatable bonds is 6. The first-order chi connectivity index (χ1) is 11.4. The van der Waals surface area contributed by atoms with Gasteiger partial charge in [0.15, 0.2) is 0 Å². The van der Waals surface area contributed by atoms with Gasteiger partial charge < -0.3 is 4.90 Å². The molecular weight excluding hydrogens is 348 g/mol. The number of hydrogen-bond acceptors (Lipinski definition) is 3. The Morgan fingerprint density at radius 3 is 2.58 bits per heavy atom. The van der Waals surface area contributed by atoms with Gasteiger partial charge in [0.05, 0.1) is 4.90 Å². The third-order valence-electron chi connectivity index (χ3n) is 5.82. The summed E-state index contributed by atoms with van der Waals surface area (Å²) in [6.45, 7) is 0. The Morgan fingerprint density at radius 1 is 1.25 bits per heavy atom. The molecule has 1 aromatic rings. The molecule has 0 heterocycles. The van der Waals surface area contributed by atoms with Crippen molar-refractivity contribution in [3.05, 3.63) is 29.3 Å². The molecule has 0 aromatic heterocycles. The predicted octanol–water partition coefficient (Wildman–Crippen LogP) is 2.76. The van der Waals surface area contributed by atoms with Gasteiger partial charge in [-0.25, -0.2) is 8.42 Å². The molecule has 0 saturated heterocycles. The van der Waals surface area contributed by atoms with E-state index in [1.807, 2.05) is 0 Å². The van der Waals surface area contributed by atoms with E-state index in [9.17, 15) is 13.2 Å². The van der Waals surface area contributed by atoms with Crippen LogP contribution in [0.3, 0.4) is 0 Å². The third kappa shape index (κ3) is 2.74. The zero-order valence-corrected chi connectivity index (χ0v) is 14.9. The van der Waals surface area contributed by atoms with Crippen molar-refractivity contribution in [3.63, 3.8) is 0 Å². The molecule has 7 heteroatoms. The quantitative estimate of drug-likeness (QED) is 0.620. The van der Waals surface area contributed by atoms with Crippen molar-refractivity contribution >= 4 is 28.0 Å². The van der Waals surface area contributed by atoms with E-state index in [4.69, 9.17) is 11.6 Å². The highest BCUT2D eigenvalue weighted by Gasteiger charge is 2.56. The van der Waals surface area contributed by atoms with E-state index < -0.39 is 15.7 Å². The number of benzene rings is 1. The summed E-state index contributed by atoms with van der Waals surface area (Å²) in [5.74, 6) is 1.22. The Hall–Kier alpha value is -1.11. The largest absolute Gasteiger partial charge is 0.323 e. The van der Waals surface area contributed by atoms with Crippen LogP contribution in [-0.2, 0) is 14.8 Å². The van der Waals surface area contributed by atoms with Crippen LogP contribution in [0.2, 0.25) is 5.02 Å². The molecule has 3 atom stereocenters. The van der Waals surface area contributed by atoms with E-state index in [0.29, 0.717) is 29.7 Å². The third-order valence-corrected chi connectivity index (χ3v) is 7.58. The minimum Gasteiger partial charge on any atom is -0.323 e. The van der Waals surface area contributed by atoms with Gasteiger partial charge in [-0.05, 0) is 62.1 Å². The highest BCUT2D eigenvalue weighted by Crippen LogP contribution is 2.51. The van der Waals surface area contributed by atoms with E-state index >= 15 is 0 Å². The lowest BCUT2D eigenvalue weighted by atomic mass is 9.94. The van der Waals surface area contributed by atoms with Crippen molar-refractivity contribution in [2.75, 3.05) is 0 Å². The summed E-state index contributed by atoms with van der Waals surface area (Å²) in [6, 6.07) is 6.38. The molecule has 3 fully saturated rings. The molecule has 0 spiro atoms. The number of halogens is 1. The minimum absolute atomic E-state index is 0.139. The average molecular weight is 369 g/mol. The first-order valence-corrected chi connectivity index (χ1v) is 10.3. The molecule has 1 aromatic carbocycles. The lowest BCUT2D eigenvalue weighted by Gasteiger charge is -2.38. The Kier molecular flexibility index (Phi) is 3.90. The van der Waals surface area contributed by atoms with Crippen LogP contribution in [0.5, 0.6) is 0 Å². The maximum Gasteiger partial charge on any atom is 0.242 e. The molecule has 0 radical (unpaired) electrons. The normalized spacial score (nSPS) is 30.3. The van der Waals surface area contributed by atoms with Crippen molar-refractivity contribution in [3.8, 4) is 0 Å². The predicted molar refractivity (Wildman–Crippen MR) is 90.9 cm³/mol. The summed E-state index contributed by atoms with van der Waals surface area (Å²) < 4.78 is 28.2. The standard InChI is InChI=1S/C17H21ClN2O3S/c18-14-2-1-3-15(10-14)24(22,23)19-17(6-7-17)20(11-21)16-9-12-4-5-13(16)8-12/h1-3,10-13,16,19H,4-9H2. The van der Waals surface area contributed by atoms with Crippen LogP contribution >= 0.6 is 11.6 Å². The van der Waals surface area contributed by atoms with E-state index in [1.54, 1.807) is 17.0 Å². The number of amides is 1. The number of fused-ring (bicyclic) bond motifs is 2. The molecule has 2 bridgehead atoms. The molecule has 1 N–H and O–H groups in total. The Balaban J connectivity index is 1.57. The zero-order chi connectivity index (χ0) is 16.9. The van der Waals surface area contributed by atoms with Crippen LogP contribution in [-0.4, -0.2) is 31.4 Å². The fraction of sp³-hybridized carbons (Fsp3) is 0.588. The fourth-order valence-corrected chi connectivity index (χ4v) is 6.25. The number of nitrogens with zero attached hydrogens (tertiary/aromatic N) is 1. The van der Waals surface area contributed by atoms with Crippen LogP contribution in [0.25, 0.3) is 0 Å². The van der Waals surface area contributed by atoms with E-state index in [0.717, 1.165) is 19.3 Å². The van der Waals surface area contributed by atoms with E-state index in [2.05, 4.69) is 4.72 Å². The number of carbonyl (C=O) groups excluding carboxylic acids is 1. The fourth-order valence-electron chi connectivity index (χ4n) is 4.52. The Labute approximate surface area is 147 Å². The number of sulfonamides is 1. The smallest absolute Gasteiger partial charge is 0.242 e. The molecule has 5 nitrogen and oxygen atoms in total. The maximum atomic E-state index is 12.7. The first-order valence-electron chi connectivity index (χ1n) is 8.47. The monoisotopic (exact) mass is 368 g/mol. The maximum absolute atomic E-state index is 12.7. The van der Waals surface area contributed by atoms with Gasteiger partial charge in [-0.3, -0.25) is 4.79 Å². The van der Waals surface area contributed by atoms with Crippen LogP contribution in [0, 0.1) is 11.8 Å². The highest BCUT2D eigenvalue weighted by molar-refractivity contribution is 7.89. The van der Waals surface area contributed by atoms with E-state index in [1.165, 1.54) is 25.0 Å². The van der Waals surface area contributed by atoms with Gasteiger partial charge in [-0.15, -0.1) is 0 Å². The molecule has 130 valence electrons. The van der Waals surface area contributed by atoms with Crippen LogP contribution in [0.4, 0.5) is 0 Å². The van der Waals surface area contributed by atoms with Crippen LogP contribution in [0.15, 0.2) is 29.2 Å². The lowest BCUT2D eigenvalue weighted by molar-refractivity contribution is -0.125. The first kappa shape index (κ1) is 16.4. The molecule has 3 saturated carbocycles. The molecule has 3 aliphatic rings. The second-order valence-corrected chi connectivity index (χ2v) is 9.47. The van der Waals surface area contributed by atoms with Crippen molar-refractivity contribution in [1.29, 1.82) is 0 Å². The summed E-state index contributed by atoms with van der Waals surface area (Å²) in [5.41, 5.74) is -0.752. The van der Waals surface area contributed by atoms with Crippen molar-refractivity contribution in [2.45, 2.75) is 55.1 Å². The molecule has 1 amide bonds. The molecule has 24 heavy (non-hydrogen) atoms. The lowest BCUT2D eigenvalue weighted by Crippen LogP contribution is -2.55. The summed E-state index contributed by atoms with van der Waals surface area (Å²) in [4.78, 5) is 13.7. The second kappa shape index (κ2) is 5.71. The molecule has 0 aliphatic heterocycles. The average Bonchev–Trinajstić information content (AvgIpc) is 2.99. The molecular formula is C17H21ClN2O3S. The number of nitrogens with one attached hydrogen (secondary N) is 1. The molecule has 4 rings (SSSR count). The minimum atomic E-state index is -3.71. The van der Waals surface area contributed by atoms with E-state index in [-0.39, 0.29) is 10.9 Å². The van der Waals surface area contributed by atoms with Crippen LogP contribution < -0.4 is 4.72 Å². The highest BCUT2D eigenvalue weighted by atomic mass is 35.5. The van der Waals surface area contributed by atoms with Gasteiger partial charge in [0, 0.05) is 11.1 Å². The van der Waals surface area contributed by atoms with Crippen LogP contribution in [0.1, 0.15) is 38.5 Å². The summed E-state index contributed by atoms with van der Waals surface area (Å²) in [5, 5.41) is 0.378.